The van der Waals surface area contributed by atoms with Crippen LogP contribution < -0.4 is 9.47 Å². The average Bonchev–Trinajstić information content (AvgIpc) is 2.81. The topological polar surface area (TPSA) is 95.8 Å². The van der Waals surface area contributed by atoms with Gasteiger partial charge in [-0.25, -0.2) is 9.59 Å². The predicted octanol–water partition coefficient (Wildman–Crippen LogP) is 8.21. The molecular formula is C32H42N2O6. The van der Waals surface area contributed by atoms with E-state index in [0.717, 1.165) is 12.2 Å². The lowest BCUT2D eigenvalue weighted by molar-refractivity contribution is -0.155. The molecule has 8 heteroatoms. The van der Waals surface area contributed by atoms with Crippen LogP contribution in [0.4, 0.5) is 11.4 Å². The van der Waals surface area contributed by atoms with Crippen LogP contribution in [0.2, 0.25) is 0 Å². The minimum atomic E-state index is -0.712. The van der Waals surface area contributed by atoms with Gasteiger partial charge in [0.1, 0.15) is 33.9 Å². The monoisotopic (exact) mass is 550 g/mol. The van der Waals surface area contributed by atoms with Gasteiger partial charge in [-0.3, -0.25) is 0 Å². The fourth-order valence-corrected chi connectivity index (χ4v) is 4.74. The highest BCUT2D eigenvalue weighted by Gasteiger charge is 2.34. The number of ether oxygens (including phenoxy) is 4. The Hall–Kier alpha value is -3.94. The summed E-state index contributed by atoms with van der Waals surface area (Å²) in [5, 5.41) is 8.62. The molecule has 0 bridgehead atoms. The van der Waals surface area contributed by atoms with Crippen LogP contribution in [0.15, 0.2) is 84.1 Å². The second-order valence-corrected chi connectivity index (χ2v) is 12.0. The number of azo groups is 1. The number of nitrogens with zero attached hydrogens (tertiary/aromatic N) is 2. The number of esters is 2. The molecule has 0 radical (unpaired) electrons. The molecule has 0 saturated heterocycles. The van der Waals surface area contributed by atoms with Crippen molar-refractivity contribution in [1.82, 2.24) is 0 Å². The van der Waals surface area contributed by atoms with Gasteiger partial charge >= 0.3 is 11.9 Å². The van der Waals surface area contributed by atoms with Crippen molar-refractivity contribution in [1.29, 1.82) is 0 Å². The summed E-state index contributed by atoms with van der Waals surface area (Å²) >= 11 is 0. The maximum Gasteiger partial charge on any atom is 0.330 e. The highest BCUT2D eigenvalue weighted by Crippen LogP contribution is 2.32. The zero-order valence-corrected chi connectivity index (χ0v) is 24.9. The van der Waals surface area contributed by atoms with Crippen molar-refractivity contribution >= 4 is 23.3 Å². The molecule has 0 aliphatic heterocycles. The Labute approximate surface area is 238 Å². The van der Waals surface area contributed by atoms with E-state index >= 15 is 0 Å². The molecule has 0 atom stereocenters. The van der Waals surface area contributed by atoms with Crippen molar-refractivity contribution in [2.45, 2.75) is 90.6 Å². The van der Waals surface area contributed by atoms with Gasteiger partial charge in [0.2, 0.25) is 0 Å². The highest BCUT2D eigenvalue weighted by atomic mass is 16.6. The molecule has 2 rings (SSSR count). The van der Waals surface area contributed by atoms with Crippen molar-refractivity contribution in [3.8, 4) is 11.5 Å². The summed E-state index contributed by atoms with van der Waals surface area (Å²) < 4.78 is 23.1. The third kappa shape index (κ3) is 11.4. The van der Waals surface area contributed by atoms with Gasteiger partial charge in [0, 0.05) is 25.0 Å². The highest BCUT2D eigenvalue weighted by molar-refractivity contribution is 5.81. The Bertz CT molecular complexity index is 1110. The first kappa shape index (κ1) is 32.3. The normalized spacial score (nSPS) is 12.5. The first-order valence-electron chi connectivity index (χ1n) is 13.1. The lowest BCUT2D eigenvalue weighted by atomic mass is 9.92. The van der Waals surface area contributed by atoms with E-state index in [-0.39, 0.29) is 0 Å². The van der Waals surface area contributed by atoms with Gasteiger partial charge in [-0.15, -0.1) is 0 Å². The van der Waals surface area contributed by atoms with Gasteiger partial charge in [-0.1, -0.05) is 13.2 Å². The van der Waals surface area contributed by atoms with Gasteiger partial charge < -0.3 is 18.9 Å². The van der Waals surface area contributed by atoms with Gasteiger partial charge in [-0.2, -0.15) is 10.2 Å². The van der Waals surface area contributed by atoms with Crippen LogP contribution in [0, 0.1) is 0 Å². The number of carbonyl (C=O) groups is 2. The van der Waals surface area contributed by atoms with E-state index in [9.17, 15) is 9.59 Å². The summed E-state index contributed by atoms with van der Waals surface area (Å²) in [5.41, 5.74) is -1.26. The van der Waals surface area contributed by atoms with Gasteiger partial charge in [0.25, 0.3) is 0 Å². The maximum atomic E-state index is 11.6. The molecule has 0 spiro atoms. The molecule has 0 amide bonds. The lowest BCUT2D eigenvalue weighted by Gasteiger charge is -2.34. The number of benzene rings is 2. The fraction of sp³-hybridized carbons (Fsp3) is 0.438. The van der Waals surface area contributed by atoms with Crippen molar-refractivity contribution in [2.24, 2.45) is 10.2 Å². The Morgan fingerprint density at radius 2 is 0.900 bits per heavy atom. The van der Waals surface area contributed by atoms with Gasteiger partial charge in [0.05, 0.1) is 11.4 Å². The van der Waals surface area contributed by atoms with Crippen LogP contribution in [0.5, 0.6) is 11.5 Å². The van der Waals surface area contributed by atoms with Crippen LogP contribution in [-0.2, 0) is 19.1 Å². The third-order valence-corrected chi connectivity index (χ3v) is 5.53. The molecule has 0 unspecified atom stereocenters. The van der Waals surface area contributed by atoms with Crippen LogP contribution in [0.25, 0.3) is 0 Å². The molecule has 2 aromatic carbocycles. The molecule has 0 N–H and O–H groups in total. The molecule has 0 aliphatic rings. The maximum absolute atomic E-state index is 11.6. The summed E-state index contributed by atoms with van der Waals surface area (Å²) in [6, 6.07) is 14.6. The second-order valence-electron chi connectivity index (χ2n) is 12.0. The van der Waals surface area contributed by atoms with Crippen LogP contribution in [0.3, 0.4) is 0 Å². The molecule has 0 fully saturated rings. The molecule has 40 heavy (non-hydrogen) atoms. The van der Waals surface area contributed by atoms with Crippen molar-refractivity contribution < 1.29 is 28.5 Å². The van der Waals surface area contributed by atoms with Gasteiger partial charge in [0.15, 0.2) is 0 Å². The molecular weight excluding hydrogens is 508 g/mol. The van der Waals surface area contributed by atoms with E-state index in [1.807, 2.05) is 104 Å². The molecule has 2 aromatic rings. The molecule has 0 aliphatic carbocycles. The average molecular weight is 551 g/mol. The summed E-state index contributed by atoms with van der Waals surface area (Å²) in [5.74, 6) is 0.409. The standard InChI is InChI=1S/C32H42N2O6/c1-11-27(35)39-31(7,8)21-29(3,4)37-25-17-13-23(14-18-25)33-34-24-15-19-26(20-16-24)38-30(5,6)22-32(9,10)40-28(36)12-2/h11-20H,1-2,21-22H2,3-10H3. The SMILES string of the molecule is C=CC(=O)OC(C)(C)CC(C)(C)Oc1ccc(N=Nc2ccc(OC(C)(C)CC(C)(C)OC(=O)C=C)cc2)cc1. The largest absolute Gasteiger partial charge is 0.488 e. The Balaban J connectivity index is 1.97. The molecule has 8 nitrogen and oxygen atoms in total. The lowest BCUT2D eigenvalue weighted by Crippen LogP contribution is -2.40. The molecule has 0 heterocycles. The van der Waals surface area contributed by atoms with Crippen molar-refractivity contribution in [3.63, 3.8) is 0 Å². The van der Waals surface area contributed by atoms with Crippen molar-refractivity contribution in [2.75, 3.05) is 0 Å². The first-order chi connectivity index (χ1) is 18.4. The quantitative estimate of drug-likeness (QED) is 0.134. The summed E-state index contributed by atoms with van der Waals surface area (Å²) in [7, 11) is 0. The Morgan fingerprint density at radius 1 is 0.600 bits per heavy atom. The zero-order chi connectivity index (χ0) is 30.2. The number of hydrogen-bond acceptors (Lipinski definition) is 8. The van der Waals surface area contributed by atoms with Gasteiger partial charge in [-0.05, 0) is 104 Å². The summed E-state index contributed by atoms with van der Waals surface area (Å²) in [6.07, 6.45) is 3.28. The van der Waals surface area contributed by atoms with Crippen LogP contribution >= 0.6 is 0 Å². The molecule has 0 saturated carbocycles. The minimum Gasteiger partial charge on any atom is -0.488 e. The predicted molar refractivity (Wildman–Crippen MR) is 156 cm³/mol. The molecule has 0 aromatic heterocycles. The van der Waals surface area contributed by atoms with E-state index < -0.39 is 34.3 Å². The third-order valence-electron chi connectivity index (χ3n) is 5.53. The zero-order valence-electron chi connectivity index (χ0n) is 24.9. The summed E-state index contributed by atoms with van der Waals surface area (Å²) in [6.45, 7) is 22.0. The first-order valence-corrected chi connectivity index (χ1v) is 13.1. The minimum absolute atomic E-state index is 0.464. The number of hydrogen-bond donors (Lipinski definition) is 0. The molecule has 216 valence electrons. The number of rotatable bonds is 14. The second kappa shape index (κ2) is 12.9. The van der Waals surface area contributed by atoms with E-state index in [2.05, 4.69) is 23.4 Å². The van der Waals surface area contributed by atoms with E-state index in [4.69, 9.17) is 18.9 Å². The van der Waals surface area contributed by atoms with Crippen LogP contribution in [0.1, 0.15) is 68.2 Å². The summed E-state index contributed by atoms with van der Waals surface area (Å²) in [4.78, 5) is 23.2. The van der Waals surface area contributed by atoms with E-state index in [0.29, 0.717) is 35.7 Å². The smallest absolute Gasteiger partial charge is 0.330 e. The number of carbonyl (C=O) groups excluding carboxylic acids is 2. The van der Waals surface area contributed by atoms with Crippen molar-refractivity contribution in [3.05, 3.63) is 73.8 Å². The fourth-order valence-electron chi connectivity index (χ4n) is 4.74. The van der Waals surface area contributed by atoms with E-state index in [1.165, 1.54) is 0 Å². The Morgan fingerprint density at radius 3 is 1.18 bits per heavy atom. The van der Waals surface area contributed by atoms with Crippen LogP contribution in [-0.4, -0.2) is 34.3 Å². The Kier molecular flexibility index (Phi) is 10.4. The van der Waals surface area contributed by atoms with E-state index in [1.54, 1.807) is 0 Å².